The minimum absolute atomic E-state index is 0.744. The van der Waals surface area contributed by atoms with E-state index in [1.807, 2.05) is 12.1 Å². The molecule has 2 fully saturated rings. The van der Waals surface area contributed by atoms with Crippen molar-refractivity contribution in [1.29, 1.82) is 0 Å². The number of morpholine rings is 1. The van der Waals surface area contributed by atoms with Crippen LogP contribution < -0.4 is 10.6 Å². The molecular formula is C15H23N3O. The first-order valence-electron chi connectivity index (χ1n) is 7.25. The lowest BCUT2D eigenvalue weighted by Gasteiger charge is -2.40. The number of benzene rings is 1. The zero-order chi connectivity index (χ0) is 13.1. The van der Waals surface area contributed by atoms with Crippen LogP contribution in [0.3, 0.4) is 0 Å². The SMILES string of the molecule is Nc1ccc(N2CCC(N3CCOCC3)CC2)cc1. The molecule has 2 N–H and O–H groups in total. The number of rotatable bonds is 2. The second-order valence-electron chi connectivity index (χ2n) is 5.46. The lowest BCUT2D eigenvalue weighted by atomic mass is 10.0. The van der Waals surface area contributed by atoms with E-state index in [0.29, 0.717) is 0 Å². The molecule has 19 heavy (non-hydrogen) atoms. The number of piperidine rings is 1. The van der Waals surface area contributed by atoms with Crippen LogP contribution >= 0.6 is 0 Å². The van der Waals surface area contributed by atoms with Gasteiger partial charge in [-0.05, 0) is 37.1 Å². The number of nitrogens with two attached hydrogens (primary N) is 1. The fourth-order valence-electron chi connectivity index (χ4n) is 3.12. The smallest absolute Gasteiger partial charge is 0.0594 e. The summed E-state index contributed by atoms with van der Waals surface area (Å²) in [7, 11) is 0. The quantitative estimate of drug-likeness (QED) is 0.821. The van der Waals surface area contributed by atoms with Crippen LogP contribution in [0.15, 0.2) is 24.3 Å². The summed E-state index contributed by atoms with van der Waals surface area (Å²) in [6, 6.07) is 8.98. The van der Waals surface area contributed by atoms with Gasteiger partial charge in [0.25, 0.3) is 0 Å². The molecule has 1 aromatic rings. The summed E-state index contributed by atoms with van der Waals surface area (Å²) in [6.45, 7) is 6.30. The second-order valence-corrected chi connectivity index (χ2v) is 5.46. The number of anilines is 2. The van der Waals surface area contributed by atoms with E-state index in [0.717, 1.165) is 51.1 Å². The van der Waals surface area contributed by atoms with E-state index in [9.17, 15) is 0 Å². The molecule has 2 saturated heterocycles. The summed E-state index contributed by atoms with van der Waals surface area (Å²) in [6.07, 6.45) is 2.51. The van der Waals surface area contributed by atoms with Crippen molar-refractivity contribution >= 4 is 11.4 Å². The van der Waals surface area contributed by atoms with Gasteiger partial charge < -0.3 is 15.4 Å². The van der Waals surface area contributed by atoms with Gasteiger partial charge in [0.2, 0.25) is 0 Å². The largest absolute Gasteiger partial charge is 0.399 e. The Morgan fingerprint density at radius 3 is 2.21 bits per heavy atom. The van der Waals surface area contributed by atoms with Crippen molar-refractivity contribution in [2.24, 2.45) is 0 Å². The standard InChI is InChI=1S/C15H23N3O/c16-13-1-3-14(4-2-13)17-7-5-15(6-8-17)18-9-11-19-12-10-18/h1-4,15H,5-12,16H2. The summed E-state index contributed by atoms with van der Waals surface area (Å²) in [4.78, 5) is 5.07. The van der Waals surface area contributed by atoms with Gasteiger partial charge in [0, 0.05) is 43.6 Å². The van der Waals surface area contributed by atoms with Crippen molar-refractivity contribution in [1.82, 2.24) is 4.90 Å². The zero-order valence-electron chi connectivity index (χ0n) is 11.4. The van der Waals surface area contributed by atoms with Gasteiger partial charge in [0.1, 0.15) is 0 Å². The molecule has 2 aliphatic heterocycles. The summed E-state index contributed by atoms with van der Waals surface area (Å²) in [5, 5.41) is 0. The Kier molecular flexibility index (Phi) is 3.89. The summed E-state index contributed by atoms with van der Waals surface area (Å²) in [5.41, 5.74) is 7.88. The van der Waals surface area contributed by atoms with Crippen LogP contribution in [0.4, 0.5) is 11.4 Å². The number of nitrogens with zero attached hydrogens (tertiary/aromatic N) is 2. The molecule has 0 atom stereocenters. The third-order valence-corrected chi connectivity index (χ3v) is 4.28. The lowest BCUT2D eigenvalue weighted by Crippen LogP contribution is -2.49. The van der Waals surface area contributed by atoms with Gasteiger partial charge in [0.15, 0.2) is 0 Å². The van der Waals surface area contributed by atoms with Gasteiger partial charge in [-0.3, -0.25) is 4.90 Å². The van der Waals surface area contributed by atoms with Crippen LogP contribution in [0, 0.1) is 0 Å². The van der Waals surface area contributed by atoms with E-state index in [2.05, 4.69) is 21.9 Å². The van der Waals surface area contributed by atoms with Crippen LogP contribution in [0.1, 0.15) is 12.8 Å². The Labute approximate surface area is 115 Å². The normalized spacial score (nSPS) is 22.6. The molecule has 0 saturated carbocycles. The highest BCUT2D eigenvalue weighted by atomic mass is 16.5. The predicted octanol–water partition coefficient (Wildman–Crippen LogP) is 1.57. The zero-order valence-corrected chi connectivity index (χ0v) is 11.4. The lowest BCUT2D eigenvalue weighted by molar-refractivity contribution is 0.0115. The molecule has 0 unspecified atom stereocenters. The van der Waals surface area contributed by atoms with Crippen LogP contribution in [-0.2, 0) is 4.74 Å². The minimum atomic E-state index is 0.744. The molecule has 4 heteroatoms. The maximum absolute atomic E-state index is 5.74. The Hall–Kier alpha value is -1.26. The Morgan fingerprint density at radius 1 is 0.947 bits per heavy atom. The van der Waals surface area contributed by atoms with Crippen LogP contribution in [0.5, 0.6) is 0 Å². The maximum atomic E-state index is 5.74. The fraction of sp³-hybridized carbons (Fsp3) is 0.600. The third-order valence-electron chi connectivity index (χ3n) is 4.28. The van der Waals surface area contributed by atoms with E-state index in [-0.39, 0.29) is 0 Å². The van der Waals surface area contributed by atoms with Crippen molar-refractivity contribution in [2.75, 3.05) is 50.0 Å². The van der Waals surface area contributed by atoms with Crippen molar-refractivity contribution in [3.05, 3.63) is 24.3 Å². The molecule has 0 bridgehead atoms. The molecule has 1 aromatic carbocycles. The van der Waals surface area contributed by atoms with Gasteiger partial charge in [-0.2, -0.15) is 0 Å². The predicted molar refractivity (Wildman–Crippen MR) is 78.5 cm³/mol. The maximum Gasteiger partial charge on any atom is 0.0594 e. The highest BCUT2D eigenvalue weighted by molar-refractivity contribution is 5.53. The molecule has 0 aliphatic carbocycles. The summed E-state index contributed by atoms with van der Waals surface area (Å²) in [5.74, 6) is 0. The molecular weight excluding hydrogens is 238 g/mol. The molecule has 2 aliphatic rings. The average Bonchev–Trinajstić information content (AvgIpc) is 2.49. The fourth-order valence-corrected chi connectivity index (χ4v) is 3.12. The molecule has 3 rings (SSSR count). The topological polar surface area (TPSA) is 41.7 Å². The molecule has 4 nitrogen and oxygen atoms in total. The van der Waals surface area contributed by atoms with Gasteiger partial charge >= 0.3 is 0 Å². The van der Waals surface area contributed by atoms with Crippen molar-refractivity contribution in [3.63, 3.8) is 0 Å². The Balaban J connectivity index is 1.55. The summed E-state index contributed by atoms with van der Waals surface area (Å²) < 4.78 is 5.43. The first-order valence-corrected chi connectivity index (χ1v) is 7.25. The van der Waals surface area contributed by atoms with Crippen LogP contribution in [-0.4, -0.2) is 50.3 Å². The minimum Gasteiger partial charge on any atom is -0.399 e. The molecule has 0 amide bonds. The van der Waals surface area contributed by atoms with E-state index < -0.39 is 0 Å². The molecule has 2 heterocycles. The highest BCUT2D eigenvalue weighted by Gasteiger charge is 2.25. The molecule has 104 valence electrons. The van der Waals surface area contributed by atoms with E-state index in [1.165, 1.54) is 18.5 Å². The van der Waals surface area contributed by atoms with E-state index in [4.69, 9.17) is 10.5 Å². The molecule has 0 aromatic heterocycles. The Bertz CT molecular complexity index is 392. The summed E-state index contributed by atoms with van der Waals surface area (Å²) >= 11 is 0. The van der Waals surface area contributed by atoms with Crippen LogP contribution in [0.25, 0.3) is 0 Å². The van der Waals surface area contributed by atoms with Gasteiger partial charge in [0.05, 0.1) is 13.2 Å². The van der Waals surface area contributed by atoms with Gasteiger partial charge in [-0.1, -0.05) is 0 Å². The van der Waals surface area contributed by atoms with E-state index >= 15 is 0 Å². The second kappa shape index (κ2) is 5.80. The molecule has 0 spiro atoms. The highest BCUT2D eigenvalue weighted by Crippen LogP contribution is 2.23. The first kappa shape index (κ1) is 12.8. The number of nitrogen functional groups attached to an aromatic ring is 1. The monoisotopic (exact) mass is 261 g/mol. The van der Waals surface area contributed by atoms with Crippen molar-refractivity contribution in [2.45, 2.75) is 18.9 Å². The van der Waals surface area contributed by atoms with Gasteiger partial charge in [-0.25, -0.2) is 0 Å². The number of ether oxygens (including phenoxy) is 1. The molecule has 0 radical (unpaired) electrons. The van der Waals surface area contributed by atoms with E-state index in [1.54, 1.807) is 0 Å². The number of hydrogen-bond donors (Lipinski definition) is 1. The van der Waals surface area contributed by atoms with Crippen molar-refractivity contribution in [3.8, 4) is 0 Å². The number of hydrogen-bond acceptors (Lipinski definition) is 4. The van der Waals surface area contributed by atoms with Gasteiger partial charge in [-0.15, -0.1) is 0 Å². The van der Waals surface area contributed by atoms with Crippen molar-refractivity contribution < 1.29 is 4.74 Å². The first-order chi connectivity index (χ1) is 9.33. The average molecular weight is 261 g/mol. The third kappa shape index (κ3) is 3.01. The Morgan fingerprint density at radius 2 is 1.58 bits per heavy atom. The van der Waals surface area contributed by atoms with Crippen LogP contribution in [0.2, 0.25) is 0 Å².